The molecule has 0 radical (unpaired) electrons. The van der Waals surface area contributed by atoms with Crippen molar-refractivity contribution < 1.29 is 9.53 Å². The van der Waals surface area contributed by atoms with Crippen LogP contribution in [-0.4, -0.2) is 61.8 Å². The molecule has 1 amide bonds. The zero-order valence-electron chi connectivity index (χ0n) is 12.4. The van der Waals surface area contributed by atoms with Gasteiger partial charge in [0.25, 0.3) is 0 Å². The SMILES string of the molecule is CN(CC(=O)NC1CCOCC1)C1CC2CCC(C1)N2. The van der Waals surface area contributed by atoms with Gasteiger partial charge < -0.3 is 15.4 Å². The second-order valence-electron chi connectivity index (χ2n) is 6.63. The number of hydrogen-bond donors (Lipinski definition) is 2. The molecule has 114 valence electrons. The Morgan fingerprint density at radius 3 is 2.50 bits per heavy atom. The van der Waals surface area contributed by atoms with Gasteiger partial charge in [-0.2, -0.15) is 0 Å². The van der Waals surface area contributed by atoms with E-state index in [0.717, 1.165) is 26.1 Å². The summed E-state index contributed by atoms with van der Waals surface area (Å²) in [6, 6.07) is 2.24. The average molecular weight is 281 g/mol. The smallest absolute Gasteiger partial charge is 0.234 e. The molecule has 3 fully saturated rings. The fourth-order valence-corrected chi connectivity index (χ4v) is 3.86. The number of rotatable bonds is 4. The van der Waals surface area contributed by atoms with Gasteiger partial charge in [-0.15, -0.1) is 0 Å². The summed E-state index contributed by atoms with van der Waals surface area (Å²) >= 11 is 0. The van der Waals surface area contributed by atoms with Crippen molar-refractivity contribution >= 4 is 5.91 Å². The zero-order valence-corrected chi connectivity index (χ0v) is 12.4. The maximum atomic E-state index is 12.1. The molecule has 0 spiro atoms. The summed E-state index contributed by atoms with van der Waals surface area (Å²) in [5.74, 6) is 0.172. The van der Waals surface area contributed by atoms with E-state index < -0.39 is 0 Å². The molecule has 3 rings (SSSR count). The summed E-state index contributed by atoms with van der Waals surface area (Å²) in [6.45, 7) is 2.08. The summed E-state index contributed by atoms with van der Waals surface area (Å²) in [4.78, 5) is 14.4. The number of amides is 1. The van der Waals surface area contributed by atoms with Crippen LogP contribution >= 0.6 is 0 Å². The number of piperidine rings is 1. The zero-order chi connectivity index (χ0) is 13.9. The molecule has 3 saturated heterocycles. The number of nitrogens with zero attached hydrogens (tertiary/aromatic N) is 1. The standard InChI is InChI=1S/C15H27N3O2/c1-18(14-8-12-2-3-13(9-14)16-12)10-15(19)17-11-4-6-20-7-5-11/h11-14,16H,2-10H2,1H3,(H,17,19). The van der Waals surface area contributed by atoms with Gasteiger partial charge in [0.05, 0.1) is 6.54 Å². The second-order valence-corrected chi connectivity index (χ2v) is 6.63. The Morgan fingerprint density at radius 2 is 1.85 bits per heavy atom. The van der Waals surface area contributed by atoms with E-state index in [1.807, 2.05) is 0 Å². The van der Waals surface area contributed by atoms with E-state index in [0.29, 0.717) is 30.7 Å². The number of ether oxygens (including phenoxy) is 1. The van der Waals surface area contributed by atoms with Crippen LogP contribution in [0.3, 0.4) is 0 Å². The Kier molecular flexibility index (Phi) is 4.58. The van der Waals surface area contributed by atoms with Gasteiger partial charge in [-0.25, -0.2) is 0 Å². The monoisotopic (exact) mass is 281 g/mol. The summed E-state index contributed by atoms with van der Waals surface area (Å²) in [7, 11) is 2.10. The van der Waals surface area contributed by atoms with Crippen LogP contribution in [0.4, 0.5) is 0 Å². The topological polar surface area (TPSA) is 53.6 Å². The quantitative estimate of drug-likeness (QED) is 0.788. The maximum absolute atomic E-state index is 12.1. The first-order valence-corrected chi connectivity index (χ1v) is 8.04. The van der Waals surface area contributed by atoms with E-state index in [2.05, 4.69) is 22.6 Å². The molecule has 2 N–H and O–H groups in total. The Morgan fingerprint density at radius 1 is 1.20 bits per heavy atom. The van der Waals surface area contributed by atoms with Crippen molar-refractivity contribution in [3.63, 3.8) is 0 Å². The predicted molar refractivity (Wildman–Crippen MR) is 77.6 cm³/mol. The van der Waals surface area contributed by atoms with Crippen LogP contribution < -0.4 is 10.6 Å². The lowest BCUT2D eigenvalue weighted by Gasteiger charge is -2.35. The van der Waals surface area contributed by atoms with E-state index in [9.17, 15) is 4.79 Å². The molecule has 0 aliphatic carbocycles. The molecule has 3 aliphatic heterocycles. The van der Waals surface area contributed by atoms with Gasteiger partial charge >= 0.3 is 0 Å². The van der Waals surface area contributed by atoms with E-state index in [4.69, 9.17) is 4.74 Å². The van der Waals surface area contributed by atoms with Crippen LogP contribution in [-0.2, 0) is 9.53 Å². The second kappa shape index (κ2) is 6.41. The van der Waals surface area contributed by atoms with Crippen LogP contribution in [0.5, 0.6) is 0 Å². The van der Waals surface area contributed by atoms with Gasteiger partial charge in [-0.05, 0) is 45.6 Å². The minimum Gasteiger partial charge on any atom is -0.381 e. The van der Waals surface area contributed by atoms with Crippen molar-refractivity contribution in [3.05, 3.63) is 0 Å². The highest BCUT2D eigenvalue weighted by Crippen LogP contribution is 2.29. The molecule has 0 saturated carbocycles. The largest absolute Gasteiger partial charge is 0.381 e. The molecule has 3 aliphatic rings. The molecule has 5 nitrogen and oxygen atoms in total. The Labute approximate surface area is 121 Å². The highest BCUT2D eigenvalue weighted by Gasteiger charge is 2.35. The Balaban J connectivity index is 1.43. The average Bonchev–Trinajstić information content (AvgIpc) is 2.78. The summed E-state index contributed by atoms with van der Waals surface area (Å²) < 4.78 is 5.32. The third-order valence-electron chi connectivity index (χ3n) is 5.05. The van der Waals surface area contributed by atoms with Crippen LogP contribution in [0.25, 0.3) is 0 Å². The minimum atomic E-state index is 0.172. The third kappa shape index (κ3) is 3.51. The van der Waals surface area contributed by atoms with Crippen molar-refractivity contribution in [2.75, 3.05) is 26.8 Å². The van der Waals surface area contributed by atoms with Crippen molar-refractivity contribution in [2.45, 2.75) is 62.7 Å². The van der Waals surface area contributed by atoms with Crippen LogP contribution in [0.2, 0.25) is 0 Å². The first-order valence-electron chi connectivity index (χ1n) is 8.04. The molecular formula is C15H27N3O2. The normalized spacial score (nSPS) is 34.4. The molecule has 2 atom stereocenters. The van der Waals surface area contributed by atoms with Gasteiger partial charge in [-0.1, -0.05) is 0 Å². The molecule has 3 heterocycles. The van der Waals surface area contributed by atoms with Crippen molar-refractivity contribution in [3.8, 4) is 0 Å². The van der Waals surface area contributed by atoms with Gasteiger partial charge in [0, 0.05) is 37.4 Å². The summed E-state index contributed by atoms with van der Waals surface area (Å²) in [6.07, 6.45) is 6.90. The van der Waals surface area contributed by atoms with Crippen LogP contribution in [0.1, 0.15) is 38.5 Å². The first-order chi connectivity index (χ1) is 9.70. The molecule has 20 heavy (non-hydrogen) atoms. The molecule has 2 bridgehead atoms. The van der Waals surface area contributed by atoms with Crippen molar-refractivity contribution in [1.29, 1.82) is 0 Å². The molecule has 5 heteroatoms. The van der Waals surface area contributed by atoms with Gasteiger partial charge in [0.2, 0.25) is 5.91 Å². The Hall–Kier alpha value is -0.650. The molecule has 2 unspecified atom stereocenters. The molecule has 0 aromatic carbocycles. The van der Waals surface area contributed by atoms with E-state index in [1.165, 1.54) is 25.7 Å². The fraction of sp³-hybridized carbons (Fsp3) is 0.933. The lowest BCUT2D eigenvalue weighted by Crippen LogP contribution is -2.50. The van der Waals surface area contributed by atoms with Crippen LogP contribution in [0.15, 0.2) is 0 Å². The number of fused-ring (bicyclic) bond motifs is 2. The minimum absolute atomic E-state index is 0.172. The van der Waals surface area contributed by atoms with Gasteiger partial charge in [0.15, 0.2) is 0 Å². The number of hydrogen-bond acceptors (Lipinski definition) is 4. The third-order valence-corrected chi connectivity index (χ3v) is 5.05. The van der Waals surface area contributed by atoms with Crippen molar-refractivity contribution in [1.82, 2.24) is 15.5 Å². The lowest BCUT2D eigenvalue weighted by atomic mass is 9.98. The highest BCUT2D eigenvalue weighted by atomic mass is 16.5. The fourth-order valence-electron chi connectivity index (χ4n) is 3.86. The lowest BCUT2D eigenvalue weighted by molar-refractivity contribution is -0.123. The van der Waals surface area contributed by atoms with E-state index in [1.54, 1.807) is 0 Å². The molecule has 0 aromatic heterocycles. The number of carbonyl (C=O) groups excluding carboxylic acids is 1. The summed E-state index contributed by atoms with van der Waals surface area (Å²) in [5, 5.41) is 6.80. The van der Waals surface area contributed by atoms with Gasteiger partial charge in [-0.3, -0.25) is 9.69 Å². The van der Waals surface area contributed by atoms with Crippen LogP contribution in [0, 0.1) is 0 Å². The molecule has 0 aromatic rings. The first kappa shape index (κ1) is 14.3. The van der Waals surface area contributed by atoms with Gasteiger partial charge in [0.1, 0.15) is 0 Å². The molecular weight excluding hydrogens is 254 g/mol. The maximum Gasteiger partial charge on any atom is 0.234 e. The number of nitrogens with one attached hydrogen (secondary N) is 2. The predicted octanol–water partition coefficient (Wildman–Crippen LogP) is 0.496. The number of carbonyl (C=O) groups is 1. The highest BCUT2D eigenvalue weighted by molar-refractivity contribution is 5.78. The Bertz CT molecular complexity index is 332. The van der Waals surface area contributed by atoms with E-state index in [-0.39, 0.29) is 5.91 Å². The van der Waals surface area contributed by atoms with Crippen molar-refractivity contribution in [2.24, 2.45) is 0 Å². The summed E-state index contributed by atoms with van der Waals surface area (Å²) in [5.41, 5.74) is 0. The van der Waals surface area contributed by atoms with E-state index >= 15 is 0 Å². The number of likely N-dealkylation sites (N-methyl/N-ethyl adjacent to an activating group) is 1.